The molecule has 1 atom stereocenters. The maximum Gasteiger partial charge on any atom is 0.0438 e. The molecule has 98 valence electrons. The first-order valence-electron chi connectivity index (χ1n) is 6.73. The fourth-order valence-corrected chi connectivity index (χ4v) is 3.12. The number of nitrogens with two attached hydrogens (primary N) is 1. The summed E-state index contributed by atoms with van der Waals surface area (Å²) in [5, 5.41) is 0.809. The second-order valence-corrected chi connectivity index (χ2v) is 5.88. The molecule has 3 rings (SSSR count). The van der Waals surface area contributed by atoms with Gasteiger partial charge >= 0.3 is 0 Å². The maximum atomic E-state index is 6.44. The standard InChI is InChI=1S/C17H18ClN/c1-11-6-7-14(10-16(11)18)17(19)15-8-12-4-2-3-5-13(12)9-15/h2-7,10,15,17H,8-9,19H2,1H3. The Hall–Kier alpha value is -1.31. The summed E-state index contributed by atoms with van der Waals surface area (Å²) in [6.07, 6.45) is 2.14. The number of benzene rings is 2. The Morgan fingerprint density at radius 1 is 1.11 bits per heavy atom. The average Bonchev–Trinajstić information content (AvgIpc) is 2.85. The van der Waals surface area contributed by atoms with Gasteiger partial charge in [-0.15, -0.1) is 0 Å². The predicted molar refractivity (Wildman–Crippen MR) is 80.5 cm³/mol. The lowest BCUT2D eigenvalue weighted by atomic mass is 9.91. The number of hydrogen-bond donors (Lipinski definition) is 1. The van der Waals surface area contributed by atoms with E-state index < -0.39 is 0 Å². The maximum absolute atomic E-state index is 6.44. The number of aryl methyl sites for hydroxylation is 1. The van der Waals surface area contributed by atoms with Crippen LogP contribution in [0.1, 0.15) is 28.3 Å². The largest absolute Gasteiger partial charge is 0.324 e. The highest BCUT2D eigenvalue weighted by Gasteiger charge is 2.27. The number of hydrogen-bond acceptors (Lipinski definition) is 1. The smallest absolute Gasteiger partial charge is 0.0438 e. The summed E-state index contributed by atoms with van der Waals surface area (Å²) in [7, 11) is 0. The van der Waals surface area contributed by atoms with Gasteiger partial charge in [0.25, 0.3) is 0 Å². The van der Waals surface area contributed by atoms with Gasteiger partial charge in [-0.2, -0.15) is 0 Å². The molecule has 0 amide bonds. The third kappa shape index (κ3) is 2.41. The van der Waals surface area contributed by atoms with E-state index in [1.54, 1.807) is 0 Å². The minimum absolute atomic E-state index is 0.0606. The normalized spacial score (nSPS) is 16.4. The quantitative estimate of drug-likeness (QED) is 0.876. The molecule has 1 unspecified atom stereocenters. The first-order chi connectivity index (χ1) is 9.15. The Bertz CT molecular complexity index is 581. The van der Waals surface area contributed by atoms with Crippen molar-refractivity contribution in [3.8, 4) is 0 Å². The summed E-state index contributed by atoms with van der Waals surface area (Å²) >= 11 is 6.20. The van der Waals surface area contributed by atoms with Crippen molar-refractivity contribution in [3.05, 3.63) is 69.7 Å². The molecule has 2 N–H and O–H groups in total. The highest BCUT2D eigenvalue weighted by Crippen LogP contribution is 2.34. The van der Waals surface area contributed by atoms with Crippen LogP contribution in [-0.2, 0) is 12.8 Å². The summed E-state index contributed by atoms with van der Waals surface area (Å²) < 4.78 is 0. The summed E-state index contributed by atoms with van der Waals surface area (Å²) in [6.45, 7) is 2.02. The molecule has 19 heavy (non-hydrogen) atoms. The molecule has 0 radical (unpaired) electrons. The van der Waals surface area contributed by atoms with Gasteiger partial charge < -0.3 is 5.73 Å². The first kappa shape index (κ1) is 12.7. The zero-order valence-electron chi connectivity index (χ0n) is 11.1. The number of fused-ring (bicyclic) bond motifs is 1. The topological polar surface area (TPSA) is 26.0 Å². The van der Waals surface area contributed by atoms with Gasteiger partial charge in [0.1, 0.15) is 0 Å². The zero-order valence-corrected chi connectivity index (χ0v) is 11.8. The van der Waals surface area contributed by atoms with E-state index in [0.29, 0.717) is 5.92 Å². The van der Waals surface area contributed by atoms with Crippen LogP contribution in [0, 0.1) is 12.8 Å². The lowest BCUT2D eigenvalue weighted by Gasteiger charge is -2.20. The molecule has 0 spiro atoms. The molecule has 0 saturated heterocycles. The predicted octanol–water partition coefficient (Wildman–Crippen LogP) is 4.06. The van der Waals surface area contributed by atoms with E-state index in [0.717, 1.165) is 29.0 Å². The van der Waals surface area contributed by atoms with Crippen LogP contribution < -0.4 is 5.73 Å². The van der Waals surface area contributed by atoms with Crippen molar-refractivity contribution < 1.29 is 0 Å². The lowest BCUT2D eigenvalue weighted by Crippen LogP contribution is -2.21. The molecular weight excluding hydrogens is 254 g/mol. The third-order valence-corrected chi connectivity index (χ3v) is 4.58. The zero-order chi connectivity index (χ0) is 13.4. The molecular formula is C17H18ClN. The van der Waals surface area contributed by atoms with Gasteiger partial charge in [0, 0.05) is 11.1 Å². The molecule has 2 heteroatoms. The molecule has 2 aromatic rings. The van der Waals surface area contributed by atoms with Crippen LogP contribution in [0.25, 0.3) is 0 Å². The van der Waals surface area contributed by atoms with Crippen molar-refractivity contribution >= 4 is 11.6 Å². The van der Waals surface area contributed by atoms with Crippen molar-refractivity contribution in [2.75, 3.05) is 0 Å². The summed E-state index contributed by atoms with van der Waals surface area (Å²) in [5.41, 5.74) is 11.6. The van der Waals surface area contributed by atoms with Gasteiger partial charge in [-0.05, 0) is 54.0 Å². The van der Waals surface area contributed by atoms with Gasteiger partial charge in [-0.25, -0.2) is 0 Å². The summed E-state index contributed by atoms with van der Waals surface area (Å²) in [5.74, 6) is 0.483. The van der Waals surface area contributed by atoms with E-state index in [1.807, 2.05) is 13.0 Å². The van der Waals surface area contributed by atoms with Crippen molar-refractivity contribution in [2.45, 2.75) is 25.8 Å². The van der Waals surface area contributed by atoms with Crippen LogP contribution in [0.5, 0.6) is 0 Å². The molecule has 0 heterocycles. The fourth-order valence-electron chi connectivity index (χ4n) is 2.94. The van der Waals surface area contributed by atoms with E-state index in [9.17, 15) is 0 Å². The molecule has 2 aromatic carbocycles. The molecule has 0 bridgehead atoms. The minimum Gasteiger partial charge on any atom is -0.324 e. The van der Waals surface area contributed by atoms with Crippen LogP contribution >= 0.6 is 11.6 Å². The highest BCUT2D eigenvalue weighted by molar-refractivity contribution is 6.31. The minimum atomic E-state index is 0.0606. The first-order valence-corrected chi connectivity index (χ1v) is 7.11. The fraction of sp³-hybridized carbons (Fsp3) is 0.294. The van der Waals surface area contributed by atoms with E-state index in [4.69, 9.17) is 17.3 Å². The van der Waals surface area contributed by atoms with E-state index in [1.165, 1.54) is 11.1 Å². The number of halogens is 1. The second kappa shape index (κ2) is 4.99. The molecule has 1 nitrogen and oxygen atoms in total. The van der Waals surface area contributed by atoms with Crippen LogP contribution in [0.15, 0.2) is 42.5 Å². The third-order valence-electron chi connectivity index (χ3n) is 4.17. The average molecular weight is 272 g/mol. The Morgan fingerprint density at radius 3 is 2.32 bits per heavy atom. The van der Waals surface area contributed by atoms with Crippen LogP contribution in [0.2, 0.25) is 5.02 Å². The van der Waals surface area contributed by atoms with Gasteiger partial charge in [0.05, 0.1) is 0 Å². The van der Waals surface area contributed by atoms with Crippen molar-refractivity contribution in [1.82, 2.24) is 0 Å². The molecule has 0 aliphatic heterocycles. The van der Waals surface area contributed by atoms with E-state index >= 15 is 0 Å². The van der Waals surface area contributed by atoms with E-state index in [-0.39, 0.29) is 6.04 Å². The Kier molecular flexibility index (Phi) is 3.34. The van der Waals surface area contributed by atoms with Crippen molar-refractivity contribution in [1.29, 1.82) is 0 Å². The number of rotatable bonds is 2. The van der Waals surface area contributed by atoms with Gasteiger partial charge in [-0.3, -0.25) is 0 Å². The van der Waals surface area contributed by atoms with Crippen LogP contribution in [0.3, 0.4) is 0 Å². The SMILES string of the molecule is Cc1ccc(C(N)C2Cc3ccccc3C2)cc1Cl. The van der Waals surface area contributed by atoms with Crippen molar-refractivity contribution in [2.24, 2.45) is 11.7 Å². The molecule has 1 aliphatic rings. The highest BCUT2D eigenvalue weighted by atomic mass is 35.5. The van der Waals surface area contributed by atoms with Gasteiger partial charge in [0.2, 0.25) is 0 Å². The monoisotopic (exact) mass is 271 g/mol. The van der Waals surface area contributed by atoms with Crippen molar-refractivity contribution in [3.63, 3.8) is 0 Å². The van der Waals surface area contributed by atoms with Gasteiger partial charge in [0.15, 0.2) is 0 Å². The Balaban J connectivity index is 1.82. The second-order valence-electron chi connectivity index (χ2n) is 5.47. The summed E-state index contributed by atoms with van der Waals surface area (Å²) in [6, 6.07) is 14.9. The van der Waals surface area contributed by atoms with Gasteiger partial charge in [-0.1, -0.05) is 48.0 Å². The Morgan fingerprint density at radius 2 is 1.74 bits per heavy atom. The molecule has 1 aliphatic carbocycles. The van der Waals surface area contributed by atoms with Crippen LogP contribution in [-0.4, -0.2) is 0 Å². The van der Waals surface area contributed by atoms with Crippen LogP contribution in [0.4, 0.5) is 0 Å². The van der Waals surface area contributed by atoms with E-state index in [2.05, 4.69) is 36.4 Å². The molecule has 0 saturated carbocycles. The molecule has 0 aromatic heterocycles. The lowest BCUT2D eigenvalue weighted by molar-refractivity contribution is 0.453. The Labute approximate surface area is 119 Å². The summed E-state index contributed by atoms with van der Waals surface area (Å²) in [4.78, 5) is 0. The molecule has 0 fully saturated rings.